The Balaban J connectivity index is 1.66. The first-order valence-electron chi connectivity index (χ1n) is 6.08. The van der Waals surface area contributed by atoms with Gasteiger partial charge in [-0.1, -0.05) is 11.2 Å². The van der Waals surface area contributed by atoms with Crippen LogP contribution in [0.2, 0.25) is 0 Å². The number of piperidine rings is 1. The van der Waals surface area contributed by atoms with Gasteiger partial charge in [0.05, 0.1) is 17.5 Å². The van der Waals surface area contributed by atoms with Gasteiger partial charge in [-0.15, -0.1) is 11.3 Å². The highest BCUT2D eigenvalue weighted by molar-refractivity contribution is 7.13. The van der Waals surface area contributed by atoms with Gasteiger partial charge in [0, 0.05) is 6.54 Å². The zero-order valence-corrected chi connectivity index (χ0v) is 10.8. The smallest absolute Gasteiger partial charge is 0.268 e. The molecule has 3 rings (SSSR count). The number of β-amino-alcohol motifs (C(OH)–C–C–N with tert-alkyl or cyclic N) is 1. The number of nitrogens with zero attached hydrogens (tertiary/aromatic N) is 3. The lowest BCUT2D eigenvalue weighted by atomic mass is 10.1. The Morgan fingerprint density at radius 3 is 3.28 bits per heavy atom. The van der Waals surface area contributed by atoms with E-state index in [1.165, 1.54) is 0 Å². The molecule has 1 N–H and O–H groups in total. The van der Waals surface area contributed by atoms with Gasteiger partial charge in [0.1, 0.15) is 0 Å². The Hall–Kier alpha value is -1.24. The topological polar surface area (TPSA) is 62.4 Å². The Morgan fingerprint density at radius 1 is 1.56 bits per heavy atom. The summed E-state index contributed by atoms with van der Waals surface area (Å²) in [6, 6.07) is 3.93. The lowest BCUT2D eigenvalue weighted by Crippen LogP contribution is -2.37. The van der Waals surface area contributed by atoms with Crippen LogP contribution in [-0.4, -0.2) is 39.3 Å². The third kappa shape index (κ3) is 2.60. The molecule has 1 atom stereocenters. The second-order valence-electron chi connectivity index (χ2n) is 4.52. The summed E-state index contributed by atoms with van der Waals surface area (Å²) in [4.78, 5) is 7.54. The molecule has 96 valence electrons. The number of aliphatic hydroxyl groups is 1. The van der Waals surface area contributed by atoms with E-state index in [0.29, 0.717) is 24.8 Å². The van der Waals surface area contributed by atoms with Crippen LogP contribution in [0.4, 0.5) is 0 Å². The Bertz CT molecular complexity index is 497. The summed E-state index contributed by atoms with van der Waals surface area (Å²) >= 11 is 1.59. The molecule has 2 aromatic heterocycles. The molecule has 5 nitrogen and oxygen atoms in total. The summed E-state index contributed by atoms with van der Waals surface area (Å²) < 4.78 is 5.24. The van der Waals surface area contributed by atoms with Crippen LogP contribution < -0.4 is 0 Å². The molecule has 0 spiro atoms. The number of hydrogen-bond acceptors (Lipinski definition) is 6. The van der Waals surface area contributed by atoms with Gasteiger partial charge in [0.25, 0.3) is 5.89 Å². The Morgan fingerprint density at radius 2 is 2.50 bits per heavy atom. The first kappa shape index (κ1) is 11.8. The quantitative estimate of drug-likeness (QED) is 0.916. The van der Waals surface area contributed by atoms with Crippen molar-refractivity contribution in [3.8, 4) is 10.8 Å². The third-order valence-electron chi connectivity index (χ3n) is 3.05. The van der Waals surface area contributed by atoms with Gasteiger partial charge in [-0.2, -0.15) is 4.98 Å². The van der Waals surface area contributed by atoms with Gasteiger partial charge in [-0.3, -0.25) is 4.90 Å². The van der Waals surface area contributed by atoms with Crippen molar-refractivity contribution in [3.63, 3.8) is 0 Å². The van der Waals surface area contributed by atoms with E-state index in [0.717, 1.165) is 24.3 Å². The standard InChI is InChI=1S/C12H15N3O2S/c16-9-3-1-5-15(7-9)8-11-13-12(17-14-11)10-4-2-6-18-10/h2,4,6,9,16H,1,3,5,7-8H2/t9-/m0/s1. The summed E-state index contributed by atoms with van der Waals surface area (Å²) in [5.41, 5.74) is 0. The van der Waals surface area contributed by atoms with E-state index < -0.39 is 0 Å². The van der Waals surface area contributed by atoms with Gasteiger partial charge < -0.3 is 9.63 Å². The fourth-order valence-corrected chi connectivity index (χ4v) is 2.84. The van der Waals surface area contributed by atoms with Crippen LogP contribution >= 0.6 is 11.3 Å². The van der Waals surface area contributed by atoms with E-state index >= 15 is 0 Å². The molecule has 0 unspecified atom stereocenters. The van der Waals surface area contributed by atoms with E-state index in [-0.39, 0.29) is 6.10 Å². The van der Waals surface area contributed by atoms with Crippen molar-refractivity contribution in [2.75, 3.05) is 13.1 Å². The van der Waals surface area contributed by atoms with Crippen molar-refractivity contribution in [2.24, 2.45) is 0 Å². The molecule has 1 fully saturated rings. The predicted molar refractivity (Wildman–Crippen MR) is 68.1 cm³/mol. The zero-order chi connectivity index (χ0) is 12.4. The molecular formula is C12H15N3O2S. The molecule has 1 saturated heterocycles. The predicted octanol–water partition coefficient (Wildman–Crippen LogP) is 1.75. The van der Waals surface area contributed by atoms with Crippen LogP contribution in [0.3, 0.4) is 0 Å². The number of rotatable bonds is 3. The zero-order valence-electron chi connectivity index (χ0n) is 9.95. The molecular weight excluding hydrogens is 250 g/mol. The maximum atomic E-state index is 9.61. The average Bonchev–Trinajstić information content (AvgIpc) is 2.98. The van der Waals surface area contributed by atoms with Gasteiger partial charge in [-0.05, 0) is 30.8 Å². The van der Waals surface area contributed by atoms with Gasteiger partial charge in [0.2, 0.25) is 0 Å². The van der Waals surface area contributed by atoms with E-state index in [1.807, 2.05) is 17.5 Å². The van der Waals surface area contributed by atoms with Crippen molar-refractivity contribution >= 4 is 11.3 Å². The molecule has 0 aromatic carbocycles. The normalized spacial score (nSPS) is 21.3. The fraction of sp³-hybridized carbons (Fsp3) is 0.500. The van der Waals surface area contributed by atoms with Crippen LogP contribution in [0.25, 0.3) is 10.8 Å². The van der Waals surface area contributed by atoms with E-state index in [2.05, 4.69) is 15.0 Å². The molecule has 18 heavy (non-hydrogen) atoms. The fourth-order valence-electron chi connectivity index (χ4n) is 2.19. The van der Waals surface area contributed by atoms with Crippen molar-refractivity contribution < 1.29 is 9.63 Å². The number of hydrogen-bond donors (Lipinski definition) is 1. The minimum Gasteiger partial charge on any atom is -0.392 e. The molecule has 2 aromatic rings. The van der Waals surface area contributed by atoms with Crippen molar-refractivity contribution in [3.05, 3.63) is 23.3 Å². The highest BCUT2D eigenvalue weighted by Gasteiger charge is 2.19. The van der Waals surface area contributed by atoms with Crippen molar-refractivity contribution in [1.82, 2.24) is 15.0 Å². The summed E-state index contributed by atoms with van der Waals surface area (Å²) in [6.45, 7) is 2.33. The molecule has 1 aliphatic rings. The molecule has 0 radical (unpaired) electrons. The van der Waals surface area contributed by atoms with Crippen LogP contribution in [0.5, 0.6) is 0 Å². The molecule has 0 saturated carbocycles. The minimum absolute atomic E-state index is 0.220. The van der Waals surface area contributed by atoms with Crippen molar-refractivity contribution in [1.29, 1.82) is 0 Å². The molecule has 6 heteroatoms. The molecule has 3 heterocycles. The highest BCUT2D eigenvalue weighted by Crippen LogP contribution is 2.23. The van der Waals surface area contributed by atoms with Crippen LogP contribution in [-0.2, 0) is 6.54 Å². The SMILES string of the molecule is O[C@H]1CCCN(Cc2noc(-c3cccs3)n2)C1. The number of thiophene rings is 1. The third-order valence-corrected chi connectivity index (χ3v) is 3.90. The Kier molecular flexibility index (Phi) is 3.40. The van der Waals surface area contributed by atoms with Gasteiger partial charge >= 0.3 is 0 Å². The number of aliphatic hydroxyl groups excluding tert-OH is 1. The highest BCUT2D eigenvalue weighted by atomic mass is 32.1. The van der Waals surface area contributed by atoms with Crippen molar-refractivity contribution in [2.45, 2.75) is 25.5 Å². The summed E-state index contributed by atoms with van der Waals surface area (Å²) in [5.74, 6) is 1.27. The largest absolute Gasteiger partial charge is 0.392 e. The average molecular weight is 265 g/mol. The summed E-state index contributed by atoms with van der Waals surface area (Å²) in [5, 5.41) is 15.6. The van der Waals surface area contributed by atoms with Crippen LogP contribution in [0.1, 0.15) is 18.7 Å². The van der Waals surface area contributed by atoms with Gasteiger partial charge in [0.15, 0.2) is 5.82 Å². The number of likely N-dealkylation sites (tertiary alicyclic amines) is 1. The van der Waals surface area contributed by atoms with Crippen LogP contribution in [0, 0.1) is 0 Å². The maximum absolute atomic E-state index is 9.61. The van der Waals surface area contributed by atoms with E-state index in [4.69, 9.17) is 4.52 Å². The van der Waals surface area contributed by atoms with Crippen LogP contribution in [0.15, 0.2) is 22.0 Å². The second kappa shape index (κ2) is 5.17. The minimum atomic E-state index is -0.220. The summed E-state index contributed by atoms with van der Waals surface area (Å²) in [7, 11) is 0. The monoisotopic (exact) mass is 265 g/mol. The lowest BCUT2D eigenvalue weighted by molar-refractivity contribution is 0.0651. The molecule has 1 aliphatic heterocycles. The second-order valence-corrected chi connectivity index (χ2v) is 5.47. The van der Waals surface area contributed by atoms with Gasteiger partial charge in [-0.25, -0.2) is 0 Å². The Labute approximate surface area is 109 Å². The molecule has 0 bridgehead atoms. The lowest BCUT2D eigenvalue weighted by Gasteiger charge is -2.28. The van der Waals surface area contributed by atoms with E-state index in [1.54, 1.807) is 11.3 Å². The first-order valence-corrected chi connectivity index (χ1v) is 6.96. The first-order chi connectivity index (χ1) is 8.81. The van der Waals surface area contributed by atoms with E-state index in [9.17, 15) is 5.11 Å². The maximum Gasteiger partial charge on any atom is 0.268 e. The molecule has 0 aliphatic carbocycles. The number of aromatic nitrogens is 2. The molecule has 0 amide bonds. The summed E-state index contributed by atoms with van der Waals surface area (Å²) in [6.07, 6.45) is 1.70.